The molecule has 7 heteroatoms. The molecular formula is C21H26N3O4+. The summed E-state index contributed by atoms with van der Waals surface area (Å²) in [5, 5.41) is 10.9. The van der Waals surface area contributed by atoms with Crippen LogP contribution in [0.3, 0.4) is 0 Å². The largest absolute Gasteiger partial charge is 0.481 e. The van der Waals surface area contributed by atoms with E-state index in [1.165, 1.54) is 22.6 Å². The van der Waals surface area contributed by atoms with Crippen molar-refractivity contribution in [3.05, 3.63) is 69.8 Å². The van der Waals surface area contributed by atoms with Crippen LogP contribution in [-0.4, -0.2) is 48.0 Å². The first-order valence-corrected chi connectivity index (χ1v) is 9.52. The Balaban J connectivity index is 1.52. The average molecular weight is 384 g/mol. The Hall–Kier alpha value is -2.93. The van der Waals surface area contributed by atoms with Gasteiger partial charge in [-0.1, -0.05) is 30.3 Å². The fraction of sp³-hybridized carbons (Fsp3) is 0.381. The minimum absolute atomic E-state index is 0.0452. The van der Waals surface area contributed by atoms with Crippen LogP contribution < -0.4 is 9.64 Å². The van der Waals surface area contributed by atoms with Crippen molar-refractivity contribution in [1.82, 2.24) is 4.90 Å². The van der Waals surface area contributed by atoms with Gasteiger partial charge < -0.3 is 14.5 Å². The Morgan fingerprint density at radius 1 is 1.21 bits per heavy atom. The summed E-state index contributed by atoms with van der Waals surface area (Å²) in [6, 6.07) is 14.9. The van der Waals surface area contributed by atoms with Gasteiger partial charge >= 0.3 is 0 Å². The Labute approximate surface area is 164 Å². The van der Waals surface area contributed by atoms with Crippen molar-refractivity contribution in [2.24, 2.45) is 0 Å². The van der Waals surface area contributed by atoms with Gasteiger partial charge in [-0.2, -0.15) is 0 Å². The summed E-state index contributed by atoms with van der Waals surface area (Å²) in [6.07, 6.45) is -0.628. The third kappa shape index (κ3) is 4.86. The molecule has 1 saturated heterocycles. The lowest BCUT2D eigenvalue weighted by Crippen LogP contribution is -3.13. The first-order chi connectivity index (χ1) is 13.4. The van der Waals surface area contributed by atoms with E-state index in [2.05, 4.69) is 12.1 Å². The van der Waals surface area contributed by atoms with Gasteiger partial charge in [-0.15, -0.1) is 0 Å². The van der Waals surface area contributed by atoms with E-state index in [0.717, 1.165) is 19.6 Å². The molecule has 1 N–H and O–H groups in total. The second-order valence-electron chi connectivity index (χ2n) is 7.20. The number of benzene rings is 2. The molecule has 1 aliphatic rings. The summed E-state index contributed by atoms with van der Waals surface area (Å²) in [7, 11) is 0. The van der Waals surface area contributed by atoms with E-state index < -0.39 is 11.0 Å². The smallest absolute Gasteiger partial charge is 0.272 e. The normalized spacial score (nSPS) is 15.9. The fourth-order valence-electron chi connectivity index (χ4n) is 3.52. The first-order valence-electron chi connectivity index (χ1n) is 9.52. The quantitative estimate of drug-likeness (QED) is 0.606. The minimum atomic E-state index is -0.628. The molecular weight excluding hydrogens is 358 g/mol. The fourth-order valence-corrected chi connectivity index (χ4v) is 3.52. The lowest BCUT2D eigenvalue weighted by molar-refractivity contribution is -0.917. The number of nitro groups is 1. The second-order valence-corrected chi connectivity index (χ2v) is 7.20. The minimum Gasteiger partial charge on any atom is -0.481 e. The molecule has 0 aromatic heterocycles. The molecule has 1 atom stereocenters. The van der Waals surface area contributed by atoms with Crippen molar-refractivity contribution >= 4 is 11.6 Å². The Kier molecular flexibility index (Phi) is 6.26. The van der Waals surface area contributed by atoms with E-state index in [1.54, 1.807) is 19.9 Å². The molecule has 0 spiro atoms. The van der Waals surface area contributed by atoms with Gasteiger partial charge in [0.05, 0.1) is 31.1 Å². The SMILES string of the molecule is Cc1cc(O[C@H](C)C(=O)N2CC[NH+](Cc3ccccc3)CC2)ccc1[N+](=O)[O-]. The van der Waals surface area contributed by atoms with Gasteiger partial charge in [0.25, 0.3) is 11.6 Å². The number of hydrogen-bond donors (Lipinski definition) is 1. The summed E-state index contributed by atoms with van der Waals surface area (Å²) < 4.78 is 5.75. The molecule has 7 nitrogen and oxygen atoms in total. The number of ether oxygens (including phenoxy) is 1. The van der Waals surface area contributed by atoms with Gasteiger partial charge in [-0.3, -0.25) is 14.9 Å². The molecule has 1 fully saturated rings. The van der Waals surface area contributed by atoms with Crippen LogP contribution in [0.4, 0.5) is 5.69 Å². The monoisotopic (exact) mass is 384 g/mol. The zero-order chi connectivity index (χ0) is 20.1. The van der Waals surface area contributed by atoms with Crippen LogP contribution in [0.25, 0.3) is 0 Å². The predicted molar refractivity (Wildman–Crippen MR) is 105 cm³/mol. The number of nitrogens with zero attached hydrogens (tertiary/aromatic N) is 2. The highest BCUT2D eigenvalue weighted by molar-refractivity contribution is 5.81. The number of carbonyl (C=O) groups excluding carboxylic acids is 1. The summed E-state index contributed by atoms with van der Waals surface area (Å²) in [4.78, 5) is 26.5. The highest BCUT2D eigenvalue weighted by Crippen LogP contribution is 2.24. The van der Waals surface area contributed by atoms with E-state index in [-0.39, 0.29) is 11.6 Å². The molecule has 2 aromatic carbocycles. The van der Waals surface area contributed by atoms with Crippen LogP contribution in [0.2, 0.25) is 0 Å². The number of hydrogen-bond acceptors (Lipinski definition) is 4. The van der Waals surface area contributed by atoms with Crippen molar-refractivity contribution in [2.75, 3.05) is 26.2 Å². The zero-order valence-electron chi connectivity index (χ0n) is 16.3. The molecule has 0 unspecified atom stereocenters. The van der Waals surface area contributed by atoms with Crippen LogP contribution >= 0.6 is 0 Å². The van der Waals surface area contributed by atoms with Gasteiger partial charge in [-0.05, 0) is 26.0 Å². The molecule has 0 radical (unpaired) electrons. The van der Waals surface area contributed by atoms with Crippen LogP contribution in [0.15, 0.2) is 48.5 Å². The van der Waals surface area contributed by atoms with Crippen LogP contribution in [0.1, 0.15) is 18.1 Å². The van der Waals surface area contributed by atoms with E-state index in [4.69, 9.17) is 4.74 Å². The Morgan fingerprint density at radius 3 is 2.50 bits per heavy atom. The van der Waals surface area contributed by atoms with Crippen molar-refractivity contribution < 1.29 is 19.4 Å². The zero-order valence-corrected chi connectivity index (χ0v) is 16.3. The molecule has 1 heterocycles. The highest BCUT2D eigenvalue weighted by atomic mass is 16.6. The van der Waals surface area contributed by atoms with Gasteiger partial charge in [-0.25, -0.2) is 0 Å². The van der Waals surface area contributed by atoms with E-state index in [0.29, 0.717) is 24.4 Å². The number of amides is 1. The maximum atomic E-state index is 12.7. The number of quaternary nitrogens is 1. The van der Waals surface area contributed by atoms with Crippen LogP contribution in [-0.2, 0) is 11.3 Å². The van der Waals surface area contributed by atoms with Gasteiger partial charge in [0.1, 0.15) is 12.3 Å². The van der Waals surface area contributed by atoms with Crippen LogP contribution in [0.5, 0.6) is 5.75 Å². The van der Waals surface area contributed by atoms with Gasteiger partial charge in [0.2, 0.25) is 0 Å². The molecule has 0 bridgehead atoms. The highest BCUT2D eigenvalue weighted by Gasteiger charge is 2.28. The van der Waals surface area contributed by atoms with E-state index >= 15 is 0 Å². The lowest BCUT2D eigenvalue weighted by atomic mass is 10.2. The number of nitro benzene ring substituents is 1. The number of aryl methyl sites for hydroxylation is 1. The molecule has 2 aromatic rings. The number of carbonyl (C=O) groups is 1. The standard InChI is InChI=1S/C21H25N3O4/c1-16-14-19(8-9-20(16)24(26)27)28-17(2)21(25)23-12-10-22(11-13-23)15-18-6-4-3-5-7-18/h3-9,14,17H,10-13,15H2,1-2H3/p+1/t17-/m1/s1. The third-order valence-corrected chi connectivity index (χ3v) is 5.10. The summed E-state index contributed by atoms with van der Waals surface area (Å²) in [5.74, 6) is 0.423. The maximum absolute atomic E-state index is 12.7. The summed E-state index contributed by atoms with van der Waals surface area (Å²) in [5.41, 5.74) is 1.87. The number of piperazine rings is 1. The average Bonchev–Trinajstić information content (AvgIpc) is 2.68. The molecule has 1 aliphatic heterocycles. The first kappa shape index (κ1) is 19.8. The Morgan fingerprint density at radius 2 is 1.89 bits per heavy atom. The van der Waals surface area contributed by atoms with Crippen molar-refractivity contribution in [3.8, 4) is 5.75 Å². The molecule has 28 heavy (non-hydrogen) atoms. The summed E-state index contributed by atoms with van der Waals surface area (Å²) in [6.45, 7) is 7.57. The van der Waals surface area contributed by atoms with Crippen molar-refractivity contribution in [3.63, 3.8) is 0 Å². The summed E-state index contributed by atoms with van der Waals surface area (Å²) >= 11 is 0. The van der Waals surface area contributed by atoms with E-state index in [9.17, 15) is 14.9 Å². The molecule has 0 saturated carbocycles. The molecule has 1 amide bonds. The molecule has 148 valence electrons. The Bertz CT molecular complexity index is 833. The number of rotatable bonds is 6. The van der Waals surface area contributed by atoms with Gasteiger partial charge in [0, 0.05) is 17.2 Å². The maximum Gasteiger partial charge on any atom is 0.272 e. The lowest BCUT2D eigenvalue weighted by Gasteiger charge is -2.33. The third-order valence-electron chi connectivity index (χ3n) is 5.10. The predicted octanol–water partition coefficient (Wildman–Crippen LogP) is 1.60. The van der Waals surface area contributed by atoms with E-state index in [1.807, 2.05) is 23.1 Å². The van der Waals surface area contributed by atoms with Crippen LogP contribution in [0, 0.1) is 17.0 Å². The van der Waals surface area contributed by atoms with Gasteiger partial charge in [0.15, 0.2) is 6.10 Å². The molecule has 3 rings (SSSR count). The number of nitrogens with one attached hydrogen (secondary N) is 1. The topological polar surface area (TPSA) is 77.1 Å². The van der Waals surface area contributed by atoms with Crippen molar-refractivity contribution in [1.29, 1.82) is 0 Å². The van der Waals surface area contributed by atoms with Crippen molar-refractivity contribution in [2.45, 2.75) is 26.5 Å². The molecule has 0 aliphatic carbocycles. The second kappa shape index (κ2) is 8.84.